The van der Waals surface area contributed by atoms with Gasteiger partial charge >= 0.3 is 0 Å². The van der Waals surface area contributed by atoms with Crippen molar-refractivity contribution in [1.29, 1.82) is 0 Å². The average molecular weight is 587 g/mol. The Morgan fingerprint density at radius 2 is 1.50 bits per heavy atom. The minimum absolute atomic E-state index is 0.156. The van der Waals surface area contributed by atoms with Gasteiger partial charge in [-0.05, 0) is 29.8 Å². The van der Waals surface area contributed by atoms with E-state index in [0.717, 1.165) is 5.56 Å². The second-order valence-corrected chi connectivity index (χ2v) is 11.0. The van der Waals surface area contributed by atoms with Gasteiger partial charge in [-0.15, -0.1) is 0 Å². The van der Waals surface area contributed by atoms with Crippen LogP contribution in [0.15, 0.2) is 97.1 Å². The fraction of sp³-hybridized carbons (Fsp3) is 0.171. The molecule has 2 heterocycles. The molecule has 7 rings (SSSR count). The lowest BCUT2D eigenvalue weighted by molar-refractivity contribution is -0.384. The maximum atomic E-state index is 14.8. The van der Waals surface area contributed by atoms with Gasteiger partial charge < -0.3 is 14.4 Å². The number of fused-ring (bicyclic) bond motifs is 5. The Bertz CT molecular complexity index is 1880. The summed E-state index contributed by atoms with van der Waals surface area (Å²) < 4.78 is 11.5. The van der Waals surface area contributed by atoms with Crippen molar-refractivity contribution in [2.75, 3.05) is 19.1 Å². The average Bonchev–Trinajstić information content (AvgIpc) is 3.49. The molecule has 0 radical (unpaired) electrons. The van der Waals surface area contributed by atoms with Crippen LogP contribution in [0.2, 0.25) is 0 Å². The van der Waals surface area contributed by atoms with Gasteiger partial charge in [-0.3, -0.25) is 24.5 Å². The molecule has 2 aliphatic heterocycles. The Morgan fingerprint density at radius 1 is 0.841 bits per heavy atom. The third kappa shape index (κ3) is 3.55. The fourth-order valence-electron chi connectivity index (χ4n) is 7.34. The maximum Gasteiger partial charge on any atom is 0.269 e. The van der Waals surface area contributed by atoms with E-state index in [2.05, 4.69) is 0 Å². The molecule has 9 nitrogen and oxygen atoms in total. The van der Waals surface area contributed by atoms with Crippen molar-refractivity contribution in [2.45, 2.75) is 18.0 Å². The van der Waals surface area contributed by atoms with Crippen LogP contribution >= 0.6 is 0 Å². The zero-order valence-corrected chi connectivity index (χ0v) is 23.8. The molecule has 0 N–H and O–H groups in total. The lowest BCUT2D eigenvalue weighted by Crippen LogP contribution is -2.48. The first-order chi connectivity index (χ1) is 21.3. The van der Waals surface area contributed by atoms with Gasteiger partial charge in [0, 0.05) is 46.0 Å². The molecule has 1 saturated heterocycles. The number of rotatable bonds is 6. The summed E-state index contributed by atoms with van der Waals surface area (Å²) in [5.41, 5.74) is 0.937. The normalized spacial score (nSPS) is 20.7. The summed E-state index contributed by atoms with van der Waals surface area (Å²) in [6, 6.07) is 23.0. The molecule has 3 atom stereocenters. The summed E-state index contributed by atoms with van der Waals surface area (Å²) >= 11 is 0. The zero-order valence-electron chi connectivity index (χ0n) is 23.8. The van der Waals surface area contributed by atoms with Crippen LogP contribution in [-0.2, 0) is 0 Å². The van der Waals surface area contributed by atoms with Crippen molar-refractivity contribution >= 4 is 34.8 Å². The number of hydrogen-bond donors (Lipinski definition) is 0. The second kappa shape index (κ2) is 10.0. The van der Waals surface area contributed by atoms with Crippen molar-refractivity contribution in [3.05, 3.63) is 135 Å². The van der Waals surface area contributed by atoms with Crippen molar-refractivity contribution in [2.24, 2.45) is 5.41 Å². The summed E-state index contributed by atoms with van der Waals surface area (Å²) in [5, 5.41) is 11.4. The van der Waals surface area contributed by atoms with Gasteiger partial charge in [0.05, 0.1) is 25.2 Å². The van der Waals surface area contributed by atoms with Crippen molar-refractivity contribution < 1.29 is 28.8 Å². The predicted octanol–water partition coefficient (Wildman–Crippen LogP) is 5.93. The number of benzene rings is 4. The first-order valence-electron chi connectivity index (χ1n) is 14.1. The first kappa shape index (κ1) is 27.3. The van der Waals surface area contributed by atoms with Gasteiger partial charge in [0.25, 0.3) is 5.69 Å². The minimum Gasteiger partial charge on any atom is -0.493 e. The minimum atomic E-state index is -1.73. The van der Waals surface area contributed by atoms with E-state index in [-0.39, 0.29) is 22.8 Å². The van der Waals surface area contributed by atoms with E-state index in [1.165, 1.54) is 38.5 Å². The van der Waals surface area contributed by atoms with Crippen molar-refractivity contribution in [3.63, 3.8) is 0 Å². The fourth-order valence-corrected chi connectivity index (χ4v) is 7.34. The maximum absolute atomic E-state index is 14.8. The van der Waals surface area contributed by atoms with Gasteiger partial charge in [-0.25, -0.2) is 0 Å². The Hall–Kier alpha value is -5.57. The molecule has 218 valence electrons. The number of para-hydroxylation sites is 2. The van der Waals surface area contributed by atoms with E-state index in [1.807, 2.05) is 41.3 Å². The van der Waals surface area contributed by atoms with Crippen LogP contribution in [0.1, 0.15) is 48.1 Å². The SMILES string of the molecule is COc1cccc([C@H]2[C@H](C(=O)c3ccc([N+](=O)[O-])cc3)N3c4ccccc4C=CC3C23C(=O)c2ccccc2C3=O)c1OC. The molecule has 1 aliphatic carbocycles. The standard InChI is InChI=1S/C35H26N2O7/c1-43-27-13-7-11-25(32(27)44-2)29-30(31(38)21-14-17-22(18-15-21)37(41)42)36-26-12-6-3-8-20(26)16-19-28(36)35(29)33(39)23-9-4-5-10-24(23)34(35)40/h3-19,28-30H,1-2H3/t28?,29-,30+/m0/s1. The highest BCUT2D eigenvalue weighted by molar-refractivity contribution is 6.32. The predicted molar refractivity (Wildman–Crippen MR) is 163 cm³/mol. The molecule has 1 unspecified atom stereocenters. The zero-order chi connectivity index (χ0) is 30.7. The smallest absolute Gasteiger partial charge is 0.269 e. The van der Waals surface area contributed by atoms with Crippen LogP contribution in [0.5, 0.6) is 11.5 Å². The van der Waals surface area contributed by atoms with Gasteiger partial charge in [0.1, 0.15) is 11.5 Å². The summed E-state index contributed by atoms with van der Waals surface area (Å²) in [5.74, 6) is -1.45. The van der Waals surface area contributed by atoms with Crippen molar-refractivity contribution in [1.82, 2.24) is 0 Å². The number of nitro groups is 1. The molecule has 0 bridgehead atoms. The number of methoxy groups -OCH3 is 2. The quantitative estimate of drug-likeness (QED) is 0.118. The second-order valence-electron chi connectivity index (χ2n) is 11.0. The summed E-state index contributed by atoms with van der Waals surface area (Å²) in [7, 11) is 2.97. The molecule has 0 saturated carbocycles. The van der Waals surface area contributed by atoms with Crippen LogP contribution in [0.25, 0.3) is 6.08 Å². The van der Waals surface area contributed by atoms with E-state index < -0.39 is 34.1 Å². The summed E-state index contributed by atoms with van der Waals surface area (Å²) in [4.78, 5) is 57.2. The molecule has 9 heteroatoms. The molecule has 1 fully saturated rings. The van der Waals surface area contributed by atoms with Gasteiger partial charge in [0.15, 0.2) is 28.8 Å². The molecule has 3 aliphatic rings. The number of ketones is 3. The number of nitro benzene ring substituents is 1. The highest BCUT2D eigenvalue weighted by Gasteiger charge is 2.72. The lowest BCUT2D eigenvalue weighted by atomic mass is 9.64. The van der Waals surface area contributed by atoms with Crippen LogP contribution in [-0.4, -0.2) is 48.6 Å². The molecule has 0 amide bonds. The Labute approximate surface area is 252 Å². The molecular weight excluding hydrogens is 560 g/mol. The lowest BCUT2D eigenvalue weighted by Gasteiger charge is -2.37. The molecule has 1 spiro atoms. The van der Waals surface area contributed by atoms with E-state index in [9.17, 15) is 24.5 Å². The molecule has 4 aromatic rings. The monoisotopic (exact) mass is 586 g/mol. The van der Waals surface area contributed by atoms with Gasteiger partial charge in [0.2, 0.25) is 0 Å². The molecule has 4 aromatic carbocycles. The molecule has 0 aromatic heterocycles. The third-order valence-corrected chi connectivity index (χ3v) is 9.11. The Balaban J connectivity index is 1.56. The van der Waals surface area contributed by atoms with E-state index in [0.29, 0.717) is 33.9 Å². The molecular formula is C35H26N2O7. The van der Waals surface area contributed by atoms with Crippen molar-refractivity contribution in [3.8, 4) is 11.5 Å². The Morgan fingerprint density at radius 3 is 2.14 bits per heavy atom. The third-order valence-electron chi connectivity index (χ3n) is 9.11. The highest BCUT2D eigenvalue weighted by atomic mass is 16.6. The van der Waals surface area contributed by atoms with E-state index in [1.54, 1.807) is 42.5 Å². The number of nitrogens with zero attached hydrogens (tertiary/aromatic N) is 2. The van der Waals surface area contributed by atoms with Gasteiger partial charge in [-0.2, -0.15) is 0 Å². The number of carbonyl (C=O) groups is 3. The van der Waals surface area contributed by atoms with E-state index >= 15 is 0 Å². The highest BCUT2D eigenvalue weighted by Crippen LogP contribution is 2.62. The number of non-ortho nitro benzene ring substituents is 1. The summed E-state index contributed by atoms with van der Waals surface area (Å²) in [6.07, 6.45) is 3.73. The van der Waals surface area contributed by atoms with Crippen LogP contribution in [0.4, 0.5) is 11.4 Å². The number of Topliss-reactive ketones (excluding diaryl/α,β-unsaturated/α-hetero) is 3. The first-order valence-corrected chi connectivity index (χ1v) is 14.1. The van der Waals surface area contributed by atoms with Crippen LogP contribution < -0.4 is 14.4 Å². The van der Waals surface area contributed by atoms with E-state index in [4.69, 9.17) is 9.47 Å². The van der Waals surface area contributed by atoms with Crippen LogP contribution in [0, 0.1) is 15.5 Å². The number of carbonyl (C=O) groups excluding carboxylic acids is 3. The molecule has 44 heavy (non-hydrogen) atoms. The Kier molecular flexibility index (Phi) is 6.21. The number of hydrogen-bond acceptors (Lipinski definition) is 8. The number of ether oxygens (including phenoxy) is 2. The number of anilines is 1. The van der Waals surface area contributed by atoms with Gasteiger partial charge in [-0.1, -0.05) is 66.7 Å². The largest absolute Gasteiger partial charge is 0.493 e. The topological polar surface area (TPSA) is 116 Å². The summed E-state index contributed by atoms with van der Waals surface area (Å²) in [6.45, 7) is 0. The van der Waals surface area contributed by atoms with Crippen LogP contribution in [0.3, 0.4) is 0 Å².